The topological polar surface area (TPSA) is 61.0 Å². The molecule has 0 aliphatic carbocycles. The Morgan fingerprint density at radius 3 is 2.46 bits per heavy atom. The highest BCUT2D eigenvalue weighted by atomic mass is 35.5. The summed E-state index contributed by atoms with van der Waals surface area (Å²) in [6, 6.07) is 19.8. The first-order valence-corrected chi connectivity index (χ1v) is 9.66. The van der Waals surface area contributed by atoms with E-state index in [-0.39, 0.29) is 5.41 Å². The molecular weight excluding hydrogens is 374 g/mol. The highest BCUT2D eigenvalue weighted by Crippen LogP contribution is 2.41. The third kappa shape index (κ3) is 2.97. The number of nitrogens with zero attached hydrogens (tertiary/aromatic N) is 3. The molecule has 2 aromatic heterocycles. The molecule has 4 aromatic rings. The van der Waals surface area contributed by atoms with Gasteiger partial charge >= 0.3 is 0 Å². The van der Waals surface area contributed by atoms with E-state index in [0.717, 1.165) is 29.3 Å². The fourth-order valence-electron chi connectivity index (χ4n) is 3.82. The molecule has 0 unspecified atom stereocenters. The van der Waals surface area contributed by atoms with Crippen molar-refractivity contribution in [3.8, 4) is 11.6 Å². The molecule has 1 aliphatic heterocycles. The number of para-hydroxylation sites is 1. The van der Waals surface area contributed by atoms with Gasteiger partial charge in [-0.2, -0.15) is 0 Å². The molecule has 0 bridgehead atoms. The summed E-state index contributed by atoms with van der Waals surface area (Å²) in [7, 11) is 0. The zero-order chi connectivity index (χ0) is 19.0. The van der Waals surface area contributed by atoms with Gasteiger partial charge in [-0.05, 0) is 42.7 Å². The maximum absolute atomic E-state index is 6.17. The van der Waals surface area contributed by atoms with Crippen molar-refractivity contribution in [2.45, 2.75) is 18.3 Å². The summed E-state index contributed by atoms with van der Waals surface area (Å²) in [4.78, 5) is 4.67. The fraction of sp³-hybridized carbons (Fsp3) is 0.227. The van der Waals surface area contributed by atoms with Gasteiger partial charge in [-0.15, -0.1) is 10.2 Å². The number of fused-ring (bicyclic) bond motifs is 1. The molecule has 0 saturated carbocycles. The zero-order valence-corrected chi connectivity index (χ0v) is 15.9. The van der Waals surface area contributed by atoms with Gasteiger partial charge in [0.15, 0.2) is 0 Å². The van der Waals surface area contributed by atoms with Crippen LogP contribution in [0, 0.1) is 0 Å². The maximum atomic E-state index is 6.17. The number of hydrogen-bond acceptors (Lipinski definition) is 5. The molecule has 0 radical (unpaired) electrons. The second-order valence-corrected chi connectivity index (χ2v) is 7.44. The Bertz CT molecular complexity index is 1120. The number of hydrogen-bond donors (Lipinski definition) is 0. The summed E-state index contributed by atoms with van der Waals surface area (Å²) in [5.74, 6) is 1.03. The van der Waals surface area contributed by atoms with E-state index in [1.54, 1.807) is 0 Å². The molecule has 0 atom stereocenters. The van der Waals surface area contributed by atoms with E-state index in [1.807, 2.05) is 60.7 Å². The fourth-order valence-corrected chi connectivity index (χ4v) is 3.95. The van der Waals surface area contributed by atoms with Gasteiger partial charge in [0.05, 0.1) is 10.9 Å². The molecule has 1 aliphatic rings. The normalized spacial score (nSPS) is 16.3. The Morgan fingerprint density at radius 1 is 0.857 bits per heavy atom. The van der Waals surface area contributed by atoms with E-state index in [4.69, 9.17) is 20.8 Å². The summed E-state index contributed by atoms with van der Waals surface area (Å²) < 4.78 is 11.8. The largest absolute Gasteiger partial charge is 0.418 e. The van der Waals surface area contributed by atoms with Crippen molar-refractivity contribution in [3.63, 3.8) is 0 Å². The lowest BCUT2D eigenvalue weighted by molar-refractivity contribution is 0.0546. The Balaban J connectivity index is 1.57. The van der Waals surface area contributed by atoms with Crippen LogP contribution in [0.3, 0.4) is 0 Å². The quantitative estimate of drug-likeness (QED) is 0.490. The standard InChI is InChI=1S/C22H18ClN3O2/c23-17-8-6-16(7-9-17)22(11-13-27-14-12-22)21-26-25-20(28-21)19-10-5-15-3-1-2-4-18(15)24-19/h1-10H,11-14H2. The lowest BCUT2D eigenvalue weighted by Crippen LogP contribution is -2.35. The minimum Gasteiger partial charge on any atom is -0.418 e. The van der Waals surface area contributed by atoms with Crippen molar-refractivity contribution >= 4 is 22.5 Å². The molecular formula is C22H18ClN3O2. The first-order chi connectivity index (χ1) is 13.7. The average Bonchev–Trinajstić information content (AvgIpc) is 3.25. The van der Waals surface area contributed by atoms with Crippen molar-refractivity contribution in [3.05, 3.63) is 77.1 Å². The average molecular weight is 392 g/mol. The van der Waals surface area contributed by atoms with Gasteiger partial charge < -0.3 is 9.15 Å². The van der Waals surface area contributed by atoms with Crippen molar-refractivity contribution in [1.82, 2.24) is 15.2 Å². The molecule has 0 amide bonds. The van der Waals surface area contributed by atoms with E-state index in [2.05, 4.69) is 15.2 Å². The lowest BCUT2D eigenvalue weighted by atomic mass is 9.74. The molecule has 2 aromatic carbocycles. The molecule has 0 spiro atoms. The second-order valence-electron chi connectivity index (χ2n) is 7.00. The molecule has 6 heteroatoms. The van der Waals surface area contributed by atoms with Crippen molar-refractivity contribution in [2.75, 3.05) is 13.2 Å². The van der Waals surface area contributed by atoms with Crippen LogP contribution in [-0.2, 0) is 10.2 Å². The van der Waals surface area contributed by atoms with Crippen LogP contribution >= 0.6 is 11.6 Å². The molecule has 1 fully saturated rings. The molecule has 5 nitrogen and oxygen atoms in total. The van der Waals surface area contributed by atoms with Gasteiger partial charge in [0.2, 0.25) is 5.89 Å². The van der Waals surface area contributed by atoms with Gasteiger partial charge in [-0.1, -0.05) is 48.0 Å². The van der Waals surface area contributed by atoms with Crippen LogP contribution in [0.1, 0.15) is 24.3 Å². The van der Waals surface area contributed by atoms with Crippen LogP contribution in [0.5, 0.6) is 0 Å². The molecule has 1 saturated heterocycles. The predicted molar refractivity (Wildman–Crippen MR) is 107 cm³/mol. The first-order valence-electron chi connectivity index (χ1n) is 9.29. The molecule has 28 heavy (non-hydrogen) atoms. The van der Waals surface area contributed by atoms with Gasteiger partial charge in [0.25, 0.3) is 5.89 Å². The molecule has 3 heterocycles. The smallest absolute Gasteiger partial charge is 0.266 e. The highest BCUT2D eigenvalue weighted by molar-refractivity contribution is 6.30. The van der Waals surface area contributed by atoms with Gasteiger partial charge in [0, 0.05) is 23.6 Å². The van der Waals surface area contributed by atoms with Crippen LogP contribution < -0.4 is 0 Å². The van der Waals surface area contributed by atoms with Crippen LogP contribution in [0.2, 0.25) is 5.02 Å². The minimum atomic E-state index is -0.370. The summed E-state index contributed by atoms with van der Waals surface area (Å²) in [6.45, 7) is 1.29. The molecule has 140 valence electrons. The van der Waals surface area contributed by atoms with Crippen LogP contribution in [-0.4, -0.2) is 28.4 Å². The third-order valence-electron chi connectivity index (χ3n) is 5.40. The van der Waals surface area contributed by atoms with Crippen molar-refractivity contribution in [1.29, 1.82) is 0 Å². The third-order valence-corrected chi connectivity index (χ3v) is 5.65. The minimum absolute atomic E-state index is 0.370. The zero-order valence-electron chi connectivity index (χ0n) is 15.1. The second kappa shape index (κ2) is 7.00. The molecule has 0 N–H and O–H groups in total. The number of benzene rings is 2. The Morgan fingerprint density at radius 2 is 1.64 bits per heavy atom. The maximum Gasteiger partial charge on any atom is 0.266 e. The molecule has 5 rings (SSSR count). The van der Waals surface area contributed by atoms with Crippen LogP contribution in [0.25, 0.3) is 22.5 Å². The number of aromatic nitrogens is 3. The lowest BCUT2D eigenvalue weighted by Gasteiger charge is -2.34. The van der Waals surface area contributed by atoms with E-state index in [0.29, 0.717) is 35.7 Å². The van der Waals surface area contributed by atoms with Gasteiger partial charge in [-0.25, -0.2) is 4.98 Å². The van der Waals surface area contributed by atoms with Crippen LogP contribution in [0.15, 0.2) is 65.1 Å². The Hall–Kier alpha value is -2.76. The Kier molecular flexibility index (Phi) is 4.34. The summed E-state index contributed by atoms with van der Waals surface area (Å²) in [6.07, 6.45) is 1.56. The summed E-state index contributed by atoms with van der Waals surface area (Å²) >= 11 is 6.09. The summed E-state index contributed by atoms with van der Waals surface area (Å²) in [5.41, 5.74) is 2.32. The summed E-state index contributed by atoms with van der Waals surface area (Å²) in [5, 5.41) is 10.5. The number of halogens is 1. The Labute approximate surface area is 167 Å². The van der Waals surface area contributed by atoms with Crippen molar-refractivity contribution < 1.29 is 9.15 Å². The van der Waals surface area contributed by atoms with Crippen LogP contribution in [0.4, 0.5) is 0 Å². The number of ether oxygens (including phenoxy) is 1. The number of pyridine rings is 1. The van der Waals surface area contributed by atoms with Gasteiger partial charge in [-0.3, -0.25) is 0 Å². The SMILES string of the molecule is Clc1ccc(C2(c3nnc(-c4ccc5ccccc5n4)o3)CCOCC2)cc1. The van der Waals surface area contributed by atoms with E-state index < -0.39 is 0 Å². The first kappa shape index (κ1) is 17.3. The van der Waals surface area contributed by atoms with Gasteiger partial charge in [0.1, 0.15) is 5.69 Å². The van der Waals surface area contributed by atoms with E-state index >= 15 is 0 Å². The van der Waals surface area contributed by atoms with E-state index in [9.17, 15) is 0 Å². The van der Waals surface area contributed by atoms with E-state index in [1.165, 1.54) is 0 Å². The number of rotatable bonds is 3. The highest BCUT2D eigenvalue weighted by Gasteiger charge is 2.41. The monoisotopic (exact) mass is 391 g/mol. The van der Waals surface area contributed by atoms with Crippen molar-refractivity contribution in [2.24, 2.45) is 0 Å². The predicted octanol–water partition coefficient (Wildman–Crippen LogP) is 5.03.